The zero-order chi connectivity index (χ0) is 22.6. The Balaban J connectivity index is 2.00. The van der Waals surface area contributed by atoms with Gasteiger partial charge in [0.25, 0.3) is 0 Å². The molecule has 0 bridgehead atoms. The number of aliphatic hydroxyl groups is 1. The van der Waals surface area contributed by atoms with E-state index >= 15 is 0 Å². The Morgan fingerprint density at radius 2 is 1.77 bits per heavy atom. The molecule has 8 nitrogen and oxygen atoms in total. The number of nitrogens with one attached hydrogen (secondary N) is 2. The average Bonchev–Trinajstić information content (AvgIpc) is 2.72. The molecule has 0 spiro atoms. The minimum absolute atomic E-state index is 0.0189. The van der Waals surface area contributed by atoms with Crippen LogP contribution in [0.3, 0.4) is 0 Å². The summed E-state index contributed by atoms with van der Waals surface area (Å²) in [4.78, 5) is 20.5. The van der Waals surface area contributed by atoms with Crippen molar-refractivity contribution in [1.29, 1.82) is 0 Å². The van der Waals surface area contributed by atoms with Crippen LogP contribution in [0.2, 0.25) is 0 Å². The Labute approximate surface area is 177 Å². The fourth-order valence-electron chi connectivity index (χ4n) is 2.63. The lowest BCUT2D eigenvalue weighted by Gasteiger charge is -2.13. The molecule has 0 radical (unpaired) electrons. The van der Waals surface area contributed by atoms with E-state index in [1.165, 1.54) is 18.3 Å². The van der Waals surface area contributed by atoms with E-state index in [0.717, 1.165) is 6.07 Å². The van der Waals surface area contributed by atoms with Crippen molar-refractivity contribution in [2.75, 3.05) is 10.6 Å². The minimum atomic E-state index is -4.59. The monoisotopic (exact) mass is 433 g/mol. The summed E-state index contributed by atoms with van der Waals surface area (Å²) < 4.78 is 39.2. The molecular weight excluding hydrogens is 411 g/mol. The maximum Gasteiger partial charge on any atom is 0.433 e. The van der Waals surface area contributed by atoms with Crippen LogP contribution < -0.4 is 10.6 Å². The van der Waals surface area contributed by atoms with Gasteiger partial charge in [-0.1, -0.05) is 13.0 Å². The molecule has 0 saturated carbocycles. The molecule has 3 aromatic heterocycles. The predicted molar refractivity (Wildman–Crippen MR) is 110 cm³/mol. The van der Waals surface area contributed by atoms with Gasteiger partial charge in [-0.15, -0.1) is 0 Å². The maximum absolute atomic E-state index is 13.1. The third kappa shape index (κ3) is 5.85. The van der Waals surface area contributed by atoms with Crippen molar-refractivity contribution in [3.05, 3.63) is 47.9 Å². The number of halogens is 3. The summed E-state index contributed by atoms with van der Waals surface area (Å²) in [6.07, 6.45) is -3.28. The van der Waals surface area contributed by atoms with Crippen molar-refractivity contribution in [3.63, 3.8) is 0 Å². The molecule has 3 aromatic rings. The van der Waals surface area contributed by atoms with Gasteiger partial charge in [-0.05, 0) is 44.5 Å². The zero-order valence-corrected chi connectivity index (χ0v) is 17.1. The van der Waals surface area contributed by atoms with E-state index in [9.17, 15) is 18.3 Å². The molecule has 1 unspecified atom stereocenters. The fourth-order valence-corrected chi connectivity index (χ4v) is 2.63. The first-order chi connectivity index (χ1) is 14.7. The molecular formula is C20H22F3N7O. The van der Waals surface area contributed by atoms with Gasteiger partial charge in [0.1, 0.15) is 11.4 Å². The minimum Gasteiger partial charge on any atom is -0.387 e. The van der Waals surface area contributed by atoms with Gasteiger partial charge >= 0.3 is 6.18 Å². The lowest BCUT2D eigenvalue weighted by atomic mass is 10.2. The SMILES string of the molecule is CCC(O)c1cc(Nc2nc(NC(C)C)nc(-c3cccc(C(F)(F)F)n3)n2)ccn1. The van der Waals surface area contributed by atoms with Crippen LogP contribution in [0.1, 0.15) is 44.7 Å². The predicted octanol–water partition coefficient (Wildman–Crippen LogP) is 4.35. The first-order valence-corrected chi connectivity index (χ1v) is 9.64. The Morgan fingerprint density at radius 3 is 2.45 bits per heavy atom. The lowest BCUT2D eigenvalue weighted by molar-refractivity contribution is -0.141. The van der Waals surface area contributed by atoms with Crippen LogP contribution in [0, 0.1) is 0 Å². The Morgan fingerprint density at radius 1 is 1.03 bits per heavy atom. The summed E-state index contributed by atoms with van der Waals surface area (Å²) in [5.41, 5.74) is -0.0430. The van der Waals surface area contributed by atoms with Gasteiger partial charge in [0.15, 0.2) is 5.82 Å². The highest BCUT2D eigenvalue weighted by atomic mass is 19.4. The summed E-state index contributed by atoms with van der Waals surface area (Å²) in [6, 6.07) is 6.82. The van der Waals surface area contributed by atoms with E-state index in [4.69, 9.17) is 0 Å². The van der Waals surface area contributed by atoms with E-state index in [2.05, 4.69) is 35.6 Å². The largest absolute Gasteiger partial charge is 0.433 e. The molecule has 0 aliphatic carbocycles. The second kappa shape index (κ2) is 9.21. The van der Waals surface area contributed by atoms with Crippen LogP contribution in [0.4, 0.5) is 30.8 Å². The highest BCUT2D eigenvalue weighted by Crippen LogP contribution is 2.29. The second-order valence-electron chi connectivity index (χ2n) is 7.03. The fraction of sp³-hybridized carbons (Fsp3) is 0.350. The molecule has 0 aromatic carbocycles. The summed E-state index contributed by atoms with van der Waals surface area (Å²) >= 11 is 0. The Hall–Kier alpha value is -3.34. The summed E-state index contributed by atoms with van der Waals surface area (Å²) in [6.45, 7) is 5.58. The molecule has 3 N–H and O–H groups in total. The van der Waals surface area contributed by atoms with Crippen LogP contribution >= 0.6 is 0 Å². The van der Waals surface area contributed by atoms with E-state index in [-0.39, 0.29) is 29.5 Å². The number of anilines is 3. The van der Waals surface area contributed by atoms with E-state index < -0.39 is 18.0 Å². The number of pyridine rings is 2. The molecule has 0 aliphatic heterocycles. The van der Waals surface area contributed by atoms with Gasteiger partial charge in [-0.2, -0.15) is 28.1 Å². The number of hydrogen-bond donors (Lipinski definition) is 3. The van der Waals surface area contributed by atoms with Crippen LogP contribution in [0.25, 0.3) is 11.5 Å². The quantitative estimate of drug-likeness (QED) is 0.505. The third-order valence-electron chi connectivity index (χ3n) is 4.09. The van der Waals surface area contributed by atoms with Gasteiger partial charge < -0.3 is 15.7 Å². The number of aliphatic hydroxyl groups excluding tert-OH is 1. The molecule has 164 valence electrons. The number of aromatic nitrogens is 5. The van der Waals surface area contributed by atoms with Crippen LogP contribution in [-0.4, -0.2) is 36.1 Å². The molecule has 0 amide bonds. The summed E-state index contributed by atoms with van der Waals surface area (Å²) in [5.74, 6) is 0.273. The number of hydrogen-bond acceptors (Lipinski definition) is 8. The van der Waals surface area contributed by atoms with E-state index in [1.54, 1.807) is 12.1 Å². The second-order valence-corrected chi connectivity index (χ2v) is 7.03. The van der Waals surface area contributed by atoms with Crippen LogP contribution in [0.5, 0.6) is 0 Å². The number of nitrogens with zero attached hydrogens (tertiary/aromatic N) is 5. The van der Waals surface area contributed by atoms with Crippen LogP contribution in [0.15, 0.2) is 36.5 Å². The van der Waals surface area contributed by atoms with E-state index in [1.807, 2.05) is 20.8 Å². The lowest BCUT2D eigenvalue weighted by Crippen LogP contribution is -2.15. The molecule has 0 fully saturated rings. The van der Waals surface area contributed by atoms with Gasteiger partial charge in [-0.3, -0.25) is 4.98 Å². The first kappa shape index (κ1) is 22.3. The van der Waals surface area contributed by atoms with Crippen molar-refractivity contribution in [2.24, 2.45) is 0 Å². The Bertz CT molecular complexity index is 1040. The van der Waals surface area contributed by atoms with Crippen molar-refractivity contribution >= 4 is 17.6 Å². The van der Waals surface area contributed by atoms with E-state index in [0.29, 0.717) is 17.8 Å². The maximum atomic E-state index is 13.1. The summed E-state index contributed by atoms with van der Waals surface area (Å²) in [7, 11) is 0. The standard InChI is InChI=1S/C20H22F3N7O/c1-4-15(31)14-10-12(8-9-24-14)26-19-29-17(28-18(30-19)25-11(2)3)13-6-5-7-16(27-13)20(21,22)23/h5-11,15,31H,4H2,1-3H3,(H2,24,25,26,28,29,30). The molecule has 1 atom stereocenters. The molecule has 31 heavy (non-hydrogen) atoms. The molecule has 3 heterocycles. The Kier molecular flexibility index (Phi) is 6.64. The molecule has 0 saturated heterocycles. The molecule has 3 rings (SSSR count). The van der Waals surface area contributed by atoms with Gasteiger partial charge in [0.05, 0.1) is 11.8 Å². The van der Waals surface area contributed by atoms with Crippen molar-refractivity contribution in [2.45, 2.75) is 45.5 Å². The highest BCUT2D eigenvalue weighted by Gasteiger charge is 2.32. The zero-order valence-electron chi connectivity index (χ0n) is 17.1. The third-order valence-corrected chi connectivity index (χ3v) is 4.09. The van der Waals surface area contributed by atoms with Gasteiger partial charge in [-0.25, -0.2) is 4.98 Å². The normalized spacial score (nSPS) is 12.6. The van der Waals surface area contributed by atoms with Crippen LogP contribution in [-0.2, 0) is 6.18 Å². The number of alkyl halides is 3. The van der Waals surface area contributed by atoms with Gasteiger partial charge in [0, 0.05) is 17.9 Å². The highest BCUT2D eigenvalue weighted by molar-refractivity contribution is 5.59. The van der Waals surface area contributed by atoms with Crippen molar-refractivity contribution in [1.82, 2.24) is 24.9 Å². The average molecular weight is 433 g/mol. The smallest absolute Gasteiger partial charge is 0.387 e. The topological polar surface area (TPSA) is 109 Å². The molecule has 0 aliphatic rings. The van der Waals surface area contributed by atoms with Crippen molar-refractivity contribution in [3.8, 4) is 11.5 Å². The number of rotatable bonds is 7. The first-order valence-electron chi connectivity index (χ1n) is 9.64. The van der Waals surface area contributed by atoms with Crippen molar-refractivity contribution < 1.29 is 18.3 Å². The van der Waals surface area contributed by atoms with Gasteiger partial charge in [0.2, 0.25) is 11.9 Å². The summed E-state index contributed by atoms with van der Waals surface area (Å²) in [5, 5.41) is 16.0. The molecule has 11 heteroatoms.